The number of aliphatic carboxylic acids is 2. The summed E-state index contributed by atoms with van der Waals surface area (Å²) in [5.74, 6) is -2.01. The van der Waals surface area contributed by atoms with Gasteiger partial charge in [-0.3, -0.25) is 9.59 Å². The van der Waals surface area contributed by atoms with Gasteiger partial charge in [0.1, 0.15) is 11.8 Å². The number of nitrogens with one attached hydrogen (secondary N) is 1. The maximum atomic E-state index is 11.4. The van der Waals surface area contributed by atoms with Crippen LogP contribution in [0.15, 0.2) is 30.8 Å². The van der Waals surface area contributed by atoms with Crippen LogP contribution >= 0.6 is 0 Å². The average Bonchev–Trinajstić information content (AvgIpc) is 2.98. The van der Waals surface area contributed by atoms with E-state index >= 15 is 0 Å². The predicted molar refractivity (Wildman–Crippen MR) is 94.5 cm³/mol. The van der Waals surface area contributed by atoms with Gasteiger partial charge in [-0.1, -0.05) is 32.1 Å². The van der Waals surface area contributed by atoms with Gasteiger partial charge in [0.05, 0.1) is 13.0 Å². The van der Waals surface area contributed by atoms with Crippen molar-refractivity contribution >= 4 is 17.5 Å². The molecule has 0 spiro atoms. The lowest BCUT2D eigenvalue weighted by atomic mass is 9.81. The molecule has 1 aromatic rings. The van der Waals surface area contributed by atoms with Gasteiger partial charge in [0, 0.05) is 18.4 Å². The van der Waals surface area contributed by atoms with E-state index in [1.807, 2.05) is 24.3 Å². The molecule has 2 rings (SSSR count). The van der Waals surface area contributed by atoms with Crippen molar-refractivity contribution in [2.24, 2.45) is 11.8 Å². The van der Waals surface area contributed by atoms with Crippen molar-refractivity contribution in [2.45, 2.75) is 32.2 Å². The molecule has 0 aromatic heterocycles. The molecule has 0 bridgehead atoms. The quantitative estimate of drug-likeness (QED) is 0.594. The van der Waals surface area contributed by atoms with E-state index in [4.69, 9.17) is 9.84 Å². The summed E-state index contributed by atoms with van der Waals surface area (Å²) in [4.78, 5) is 22.5. The van der Waals surface area contributed by atoms with Crippen molar-refractivity contribution in [2.75, 3.05) is 13.2 Å². The molecule has 3 N–H and O–H groups in total. The molecule has 25 heavy (non-hydrogen) atoms. The molecular formula is C19H25NO5. The first-order valence-electron chi connectivity index (χ1n) is 8.54. The molecule has 1 heterocycles. The highest BCUT2D eigenvalue weighted by Crippen LogP contribution is 2.36. The molecule has 1 saturated heterocycles. The number of ether oxygens (including phenoxy) is 1. The van der Waals surface area contributed by atoms with E-state index in [0.717, 1.165) is 29.7 Å². The zero-order valence-electron chi connectivity index (χ0n) is 14.4. The highest BCUT2D eigenvalue weighted by Gasteiger charge is 2.42. The first kappa shape index (κ1) is 19.0. The fourth-order valence-corrected chi connectivity index (χ4v) is 3.22. The first-order chi connectivity index (χ1) is 11.9. The molecular weight excluding hydrogens is 322 g/mol. The minimum Gasteiger partial charge on any atom is -0.494 e. The molecule has 6 heteroatoms. The Kier molecular flexibility index (Phi) is 6.58. The molecule has 1 aromatic carbocycles. The van der Waals surface area contributed by atoms with Crippen LogP contribution in [0.25, 0.3) is 5.57 Å². The molecule has 0 amide bonds. The van der Waals surface area contributed by atoms with Crippen LogP contribution in [0.1, 0.15) is 31.7 Å². The molecule has 3 atom stereocenters. The van der Waals surface area contributed by atoms with E-state index < -0.39 is 23.9 Å². The fraction of sp³-hybridized carbons (Fsp3) is 0.474. The number of rotatable bonds is 9. The molecule has 1 aliphatic heterocycles. The van der Waals surface area contributed by atoms with E-state index in [1.165, 1.54) is 0 Å². The van der Waals surface area contributed by atoms with Crippen molar-refractivity contribution in [3.8, 4) is 5.75 Å². The predicted octanol–water partition coefficient (Wildman–Crippen LogP) is 2.64. The Bertz CT molecular complexity index is 625. The first-order valence-corrected chi connectivity index (χ1v) is 8.54. The number of benzene rings is 1. The summed E-state index contributed by atoms with van der Waals surface area (Å²) in [6, 6.07) is 6.62. The second kappa shape index (κ2) is 8.67. The Morgan fingerprint density at radius 2 is 1.96 bits per heavy atom. The van der Waals surface area contributed by atoms with Crippen LogP contribution in [0.3, 0.4) is 0 Å². The SMILES string of the molecule is C=C(c1ccc(OCCCC)cc1)[C@@H]1CN[C@@H](C(=O)O)[C@@H]1CC(=O)O. The number of carboxylic acids is 2. The zero-order chi connectivity index (χ0) is 18.4. The largest absolute Gasteiger partial charge is 0.494 e. The molecule has 1 fully saturated rings. The third-order valence-electron chi connectivity index (χ3n) is 4.62. The smallest absolute Gasteiger partial charge is 0.321 e. The van der Waals surface area contributed by atoms with Crippen molar-refractivity contribution in [1.82, 2.24) is 5.32 Å². The summed E-state index contributed by atoms with van der Waals surface area (Å²) in [5.41, 5.74) is 1.62. The van der Waals surface area contributed by atoms with Gasteiger partial charge in [0.15, 0.2) is 0 Å². The summed E-state index contributed by atoms with van der Waals surface area (Å²) in [7, 11) is 0. The second-order valence-electron chi connectivity index (χ2n) is 6.34. The van der Waals surface area contributed by atoms with Crippen LogP contribution in [0.5, 0.6) is 5.75 Å². The summed E-state index contributed by atoms with van der Waals surface area (Å²) in [6.45, 7) is 7.27. The van der Waals surface area contributed by atoms with Crippen molar-refractivity contribution in [3.05, 3.63) is 36.4 Å². The van der Waals surface area contributed by atoms with Gasteiger partial charge in [-0.25, -0.2) is 0 Å². The Morgan fingerprint density at radius 3 is 2.52 bits per heavy atom. The molecule has 0 unspecified atom stereocenters. The number of hydrogen-bond acceptors (Lipinski definition) is 4. The van der Waals surface area contributed by atoms with Crippen molar-refractivity contribution < 1.29 is 24.5 Å². The maximum Gasteiger partial charge on any atom is 0.321 e. The third kappa shape index (κ3) is 4.82. The number of carbonyl (C=O) groups is 2. The minimum absolute atomic E-state index is 0.203. The molecule has 0 aliphatic carbocycles. The monoisotopic (exact) mass is 347 g/mol. The Balaban J connectivity index is 2.09. The maximum absolute atomic E-state index is 11.4. The van der Waals surface area contributed by atoms with Crippen LogP contribution in [0.2, 0.25) is 0 Å². The number of hydrogen-bond donors (Lipinski definition) is 3. The van der Waals surface area contributed by atoms with Gasteiger partial charge in [-0.15, -0.1) is 0 Å². The van der Waals surface area contributed by atoms with E-state index in [0.29, 0.717) is 13.2 Å². The summed E-state index contributed by atoms with van der Waals surface area (Å²) < 4.78 is 5.63. The van der Waals surface area contributed by atoms with Crippen LogP contribution in [-0.2, 0) is 9.59 Å². The highest BCUT2D eigenvalue weighted by molar-refractivity contribution is 5.78. The van der Waals surface area contributed by atoms with Crippen LogP contribution in [0.4, 0.5) is 0 Å². The molecule has 6 nitrogen and oxygen atoms in total. The Morgan fingerprint density at radius 1 is 1.28 bits per heavy atom. The van der Waals surface area contributed by atoms with Gasteiger partial charge in [0.2, 0.25) is 0 Å². The number of unbranched alkanes of at least 4 members (excludes halogenated alkanes) is 1. The summed E-state index contributed by atoms with van der Waals surface area (Å²) in [6.07, 6.45) is 1.86. The summed E-state index contributed by atoms with van der Waals surface area (Å²) in [5, 5.41) is 21.3. The lowest BCUT2D eigenvalue weighted by molar-refractivity contribution is -0.142. The van der Waals surface area contributed by atoms with E-state index in [9.17, 15) is 14.7 Å². The minimum atomic E-state index is -1.03. The summed E-state index contributed by atoms with van der Waals surface area (Å²) >= 11 is 0. The lowest BCUT2D eigenvalue weighted by Crippen LogP contribution is -2.36. The number of carboxylic acid groups (broad SMARTS) is 2. The molecule has 0 radical (unpaired) electrons. The van der Waals surface area contributed by atoms with Gasteiger partial charge < -0.3 is 20.3 Å². The standard InChI is InChI=1S/C19H25NO5/c1-3-4-9-25-14-7-5-13(6-8-14)12(2)16-11-20-18(19(23)24)15(16)10-17(21)22/h5-8,15-16,18,20H,2-4,9-11H2,1H3,(H,21,22)(H,23,24)/t15-,16+,18-/m1/s1. The Hall–Kier alpha value is -2.34. The third-order valence-corrected chi connectivity index (χ3v) is 4.62. The average molecular weight is 347 g/mol. The molecule has 1 aliphatic rings. The van der Waals surface area contributed by atoms with E-state index in [-0.39, 0.29) is 12.3 Å². The fourth-order valence-electron chi connectivity index (χ4n) is 3.22. The van der Waals surface area contributed by atoms with Crippen LogP contribution in [-0.4, -0.2) is 41.3 Å². The van der Waals surface area contributed by atoms with Gasteiger partial charge in [0.25, 0.3) is 0 Å². The van der Waals surface area contributed by atoms with E-state index in [2.05, 4.69) is 18.8 Å². The molecule has 136 valence electrons. The van der Waals surface area contributed by atoms with Crippen LogP contribution < -0.4 is 10.1 Å². The van der Waals surface area contributed by atoms with Crippen molar-refractivity contribution in [1.29, 1.82) is 0 Å². The normalized spacial score (nSPS) is 22.5. The van der Waals surface area contributed by atoms with Gasteiger partial charge >= 0.3 is 11.9 Å². The lowest BCUT2D eigenvalue weighted by Gasteiger charge is -2.22. The Labute approximate surface area is 147 Å². The zero-order valence-corrected chi connectivity index (χ0v) is 14.4. The molecule has 0 saturated carbocycles. The topological polar surface area (TPSA) is 95.9 Å². The van der Waals surface area contributed by atoms with Gasteiger partial charge in [-0.2, -0.15) is 0 Å². The highest BCUT2D eigenvalue weighted by atomic mass is 16.5. The van der Waals surface area contributed by atoms with E-state index in [1.54, 1.807) is 0 Å². The van der Waals surface area contributed by atoms with Crippen LogP contribution in [0, 0.1) is 11.8 Å². The van der Waals surface area contributed by atoms with Crippen molar-refractivity contribution in [3.63, 3.8) is 0 Å². The second-order valence-corrected chi connectivity index (χ2v) is 6.34. The van der Waals surface area contributed by atoms with Gasteiger partial charge in [-0.05, 0) is 29.7 Å².